The maximum absolute atomic E-state index is 5.84. The summed E-state index contributed by atoms with van der Waals surface area (Å²) in [5, 5.41) is 6.43. The standard InChI is InChI=1S/C10H12ClN3S/c1-10(12-9(15)14(2)13-10)7-3-5-8(11)6-4-7/h3-6,13H,1-2H3,(H,12,15). The van der Waals surface area contributed by atoms with E-state index in [1.165, 1.54) is 0 Å². The van der Waals surface area contributed by atoms with Gasteiger partial charge in [-0.05, 0) is 36.8 Å². The number of halogens is 1. The van der Waals surface area contributed by atoms with Gasteiger partial charge in [-0.3, -0.25) is 5.01 Å². The molecule has 2 rings (SSSR count). The van der Waals surface area contributed by atoms with E-state index in [0.29, 0.717) is 5.11 Å². The van der Waals surface area contributed by atoms with Gasteiger partial charge in [-0.1, -0.05) is 23.7 Å². The van der Waals surface area contributed by atoms with Gasteiger partial charge in [0.15, 0.2) is 5.11 Å². The van der Waals surface area contributed by atoms with E-state index in [2.05, 4.69) is 10.7 Å². The van der Waals surface area contributed by atoms with E-state index in [0.717, 1.165) is 10.6 Å². The van der Waals surface area contributed by atoms with E-state index in [1.807, 2.05) is 38.2 Å². The zero-order valence-corrected chi connectivity index (χ0v) is 10.1. The van der Waals surface area contributed by atoms with Crippen molar-refractivity contribution in [3.63, 3.8) is 0 Å². The van der Waals surface area contributed by atoms with Crippen molar-refractivity contribution in [2.75, 3.05) is 7.05 Å². The second-order valence-electron chi connectivity index (χ2n) is 3.73. The molecule has 1 aromatic carbocycles. The molecule has 1 saturated heterocycles. The van der Waals surface area contributed by atoms with Crippen LogP contribution in [0, 0.1) is 0 Å². The molecule has 1 fully saturated rings. The summed E-state index contributed by atoms with van der Waals surface area (Å²) in [6.07, 6.45) is 0. The van der Waals surface area contributed by atoms with Gasteiger partial charge in [0.25, 0.3) is 0 Å². The molecule has 0 aliphatic carbocycles. The van der Waals surface area contributed by atoms with Gasteiger partial charge < -0.3 is 5.32 Å². The van der Waals surface area contributed by atoms with Gasteiger partial charge in [-0.2, -0.15) is 0 Å². The molecule has 5 heteroatoms. The Kier molecular flexibility index (Phi) is 2.58. The van der Waals surface area contributed by atoms with Gasteiger partial charge in [0.2, 0.25) is 0 Å². The average Bonchev–Trinajstić information content (AvgIpc) is 2.43. The van der Waals surface area contributed by atoms with E-state index in [1.54, 1.807) is 5.01 Å². The zero-order chi connectivity index (χ0) is 11.1. The Balaban J connectivity index is 2.31. The quantitative estimate of drug-likeness (QED) is 0.734. The fourth-order valence-corrected chi connectivity index (χ4v) is 2.01. The van der Waals surface area contributed by atoms with Crippen LogP contribution in [-0.2, 0) is 5.66 Å². The van der Waals surface area contributed by atoms with E-state index >= 15 is 0 Å². The minimum atomic E-state index is -0.351. The van der Waals surface area contributed by atoms with Crippen molar-refractivity contribution in [1.82, 2.24) is 15.8 Å². The first-order valence-corrected chi connectivity index (χ1v) is 5.40. The van der Waals surface area contributed by atoms with Crippen molar-refractivity contribution in [2.24, 2.45) is 0 Å². The maximum atomic E-state index is 5.84. The molecule has 0 aromatic heterocycles. The fraction of sp³-hybridized carbons (Fsp3) is 0.300. The van der Waals surface area contributed by atoms with Crippen LogP contribution in [0.4, 0.5) is 0 Å². The van der Waals surface area contributed by atoms with Crippen LogP contribution in [0.2, 0.25) is 5.02 Å². The van der Waals surface area contributed by atoms with E-state index < -0.39 is 0 Å². The third-order valence-electron chi connectivity index (χ3n) is 2.47. The lowest BCUT2D eigenvalue weighted by Gasteiger charge is -2.25. The minimum absolute atomic E-state index is 0.351. The normalized spacial score (nSPS) is 25.5. The van der Waals surface area contributed by atoms with Crippen LogP contribution >= 0.6 is 23.8 Å². The molecule has 1 unspecified atom stereocenters. The molecule has 3 nitrogen and oxygen atoms in total. The van der Waals surface area contributed by atoms with Crippen LogP contribution in [0.15, 0.2) is 24.3 Å². The summed E-state index contributed by atoms with van der Waals surface area (Å²) in [6, 6.07) is 7.69. The van der Waals surface area contributed by atoms with Crippen LogP contribution < -0.4 is 10.7 Å². The van der Waals surface area contributed by atoms with Gasteiger partial charge in [0, 0.05) is 12.1 Å². The van der Waals surface area contributed by atoms with Crippen molar-refractivity contribution in [3.8, 4) is 0 Å². The fourth-order valence-electron chi connectivity index (χ4n) is 1.63. The van der Waals surface area contributed by atoms with Crippen LogP contribution in [-0.4, -0.2) is 17.2 Å². The van der Waals surface area contributed by atoms with Gasteiger partial charge in [0.05, 0.1) is 0 Å². The third-order valence-corrected chi connectivity index (χ3v) is 3.10. The van der Waals surface area contributed by atoms with Crippen LogP contribution in [0.3, 0.4) is 0 Å². The first-order chi connectivity index (χ1) is 7.01. The van der Waals surface area contributed by atoms with Gasteiger partial charge in [0.1, 0.15) is 5.66 Å². The minimum Gasteiger partial charge on any atom is -0.338 e. The molecule has 1 aromatic rings. The van der Waals surface area contributed by atoms with Crippen LogP contribution in [0.1, 0.15) is 12.5 Å². The van der Waals surface area contributed by atoms with Crippen molar-refractivity contribution in [3.05, 3.63) is 34.9 Å². The summed E-state index contributed by atoms with van der Waals surface area (Å²) in [4.78, 5) is 0. The molecule has 1 atom stereocenters. The average molecular weight is 242 g/mol. The topological polar surface area (TPSA) is 27.3 Å². The highest BCUT2D eigenvalue weighted by atomic mass is 35.5. The molecule has 80 valence electrons. The molecular weight excluding hydrogens is 230 g/mol. The molecule has 1 aliphatic heterocycles. The van der Waals surface area contributed by atoms with E-state index in [4.69, 9.17) is 23.8 Å². The van der Waals surface area contributed by atoms with Crippen LogP contribution in [0.5, 0.6) is 0 Å². The Morgan fingerprint density at radius 3 is 2.40 bits per heavy atom. The Labute approximate surface area is 99.4 Å². The number of thiocarbonyl (C=S) groups is 1. The third kappa shape index (κ3) is 1.93. The zero-order valence-electron chi connectivity index (χ0n) is 8.54. The highest BCUT2D eigenvalue weighted by molar-refractivity contribution is 7.80. The Hall–Kier alpha value is -0.840. The summed E-state index contributed by atoms with van der Waals surface area (Å²) in [7, 11) is 1.89. The molecule has 1 heterocycles. The molecule has 0 amide bonds. The second-order valence-corrected chi connectivity index (χ2v) is 4.56. The van der Waals surface area contributed by atoms with Gasteiger partial charge in [-0.15, -0.1) is 0 Å². The number of nitrogens with zero attached hydrogens (tertiary/aromatic N) is 1. The largest absolute Gasteiger partial charge is 0.338 e. The number of hydrogen-bond acceptors (Lipinski definition) is 2. The van der Waals surface area contributed by atoms with Crippen molar-refractivity contribution in [1.29, 1.82) is 0 Å². The molecule has 0 spiro atoms. The molecule has 15 heavy (non-hydrogen) atoms. The SMILES string of the molecule is CN1NC(C)(c2ccc(Cl)cc2)NC1=S. The summed E-state index contributed by atoms with van der Waals surface area (Å²) in [5.41, 5.74) is 4.00. The van der Waals surface area contributed by atoms with Crippen molar-refractivity contribution in [2.45, 2.75) is 12.6 Å². The lowest BCUT2D eigenvalue weighted by atomic mass is 10.0. The number of hydrazine groups is 1. The van der Waals surface area contributed by atoms with Gasteiger partial charge in [-0.25, -0.2) is 5.43 Å². The molecule has 0 radical (unpaired) electrons. The van der Waals surface area contributed by atoms with Crippen LogP contribution in [0.25, 0.3) is 0 Å². The Bertz CT molecular complexity index is 392. The molecule has 1 aliphatic rings. The number of nitrogens with one attached hydrogen (secondary N) is 2. The maximum Gasteiger partial charge on any atom is 0.185 e. The summed E-state index contributed by atoms with van der Waals surface area (Å²) in [6.45, 7) is 2.03. The predicted octanol–water partition coefficient (Wildman–Crippen LogP) is 1.84. The summed E-state index contributed by atoms with van der Waals surface area (Å²) < 4.78 is 0. The van der Waals surface area contributed by atoms with Gasteiger partial charge >= 0.3 is 0 Å². The first kappa shape index (κ1) is 10.7. The van der Waals surface area contributed by atoms with E-state index in [-0.39, 0.29) is 5.66 Å². The number of rotatable bonds is 1. The predicted molar refractivity (Wildman–Crippen MR) is 65.4 cm³/mol. The molecule has 0 saturated carbocycles. The van der Waals surface area contributed by atoms with E-state index in [9.17, 15) is 0 Å². The Morgan fingerprint density at radius 2 is 1.93 bits per heavy atom. The first-order valence-electron chi connectivity index (χ1n) is 4.61. The molecule has 0 bridgehead atoms. The molecule has 2 N–H and O–H groups in total. The number of hydrogen-bond donors (Lipinski definition) is 2. The monoisotopic (exact) mass is 241 g/mol. The number of benzene rings is 1. The highest BCUT2D eigenvalue weighted by Gasteiger charge is 2.35. The molecular formula is C10H12ClN3S. The van der Waals surface area contributed by atoms with Crippen molar-refractivity contribution >= 4 is 28.9 Å². The lowest BCUT2D eigenvalue weighted by Crippen LogP contribution is -2.44. The van der Waals surface area contributed by atoms with Crippen molar-refractivity contribution < 1.29 is 0 Å². The highest BCUT2D eigenvalue weighted by Crippen LogP contribution is 2.23. The lowest BCUT2D eigenvalue weighted by molar-refractivity contribution is 0.266. The smallest absolute Gasteiger partial charge is 0.185 e. The summed E-state index contributed by atoms with van der Waals surface area (Å²) >= 11 is 11.0. The summed E-state index contributed by atoms with van der Waals surface area (Å²) in [5.74, 6) is 0. The second kappa shape index (κ2) is 3.63. The Morgan fingerprint density at radius 1 is 1.33 bits per heavy atom.